The molecule has 0 amide bonds. The highest BCUT2D eigenvalue weighted by Crippen LogP contribution is 2.30. The molecule has 1 aliphatic heterocycles. The molecule has 13 heavy (non-hydrogen) atoms. The fourth-order valence-corrected chi connectivity index (χ4v) is 2.05. The van der Waals surface area contributed by atoms with Crippen LogP contribution in [-0.4, -0.2) is 18.2 Å². The van der Waals surface area contributed by atoms with Crippen molar-refractivity contribution in [3.05, 3.63) is 0 Å². The minimum atomic E-state index is -0.0239. The number of nitrogens with one attached hydrogen (secondary N) is 1. The van der Waals surface area contributed by atoms with Gasteiger partial charge in [-0.05, 0) is 26.2 Å². The number of hydrogen-bond acceptors (Lipinski definition) is 3. The average Bonchev–Trinajstić information content (AvgIpc) is 2.54. The van der Waals surface area contributed by atoms with E-state index in [4.69, 9.17) is 10.6 Å². The molecule has 2 atom stereocenters. The van der Waals surface area contributed by atoms with Gasteiger partial charge in [0.25, 0.3) is 0 Å². The van der Waals surface area contributed by atoms with E-state index in [1.165, 1.54) is 19.3 Å². The molecular formula is C10H22N2O. The standard InChI is InChI=1S/C10H22N2O/c1-3-4-6-9(12-11)10(2)7-5-8-13-10/h9,12H,3-8,11H2,1-2H3. The van der Waals surface area contributed by atoms with Gasteiger partial charge in [0.2, 0.25) is 0 Å². The number of nitrogens with two attached hydrogens (primary N) is 1. The summed E-state index contributed by atoms with van der Waals surface area (Å²) in [7, 11) is 0. The smallest absolute Gasteiger partial charge is 0.0821 e. The van der Waals surface area contributed by atoms with Gasteiger partial charge in [-0.2, -0.15) is 0 Å². The van der Waals surface area contributed by atoms with Gasteiger partial charge in [-0.25, -0.2) is 0 Å². The summed E-state index contributed by atoms with van der Waals surface area (Å²) in [6.07, 6.45) is 5.85. The Balaban J connectivity index is 2.43. The van der Waals surface area contributed by atoms with Crippen LogP contribution in [0.4, 0.5) is 0 Å². The molecule has 1 fully saturated rings. The van der Waals surface area contributed by atoms with Gasteiger partial charge in [0, 0.05) is 12.6 Å². The van der Waals surface area contributed by atoms with Crippen molar-refractivity contribution in [1.29, 1.82) is 0 Å². The Morgan fingerprint density at radius 2 is 2.38 bits per heavy atom. The molecular weight excluding hydrogens is 164 g/mol. The van der Waals surface area contributed by atoms with Crippen LogP contribution in [0.3, 0.4) is 0 Å². The molecule has 3 heteroatoms. The molecule has 1 rings (SSSR count). The molecule has 3 N–H and O–H groups in total. The number of hydrogen-bond donors (Lipinski definition) is 2. The summed E-state index contributed by atoms with van der Waals surface area (Å²) < 4.78 is 5.75. The van der Waals surface area contributed by atoms with Gasteiger partial charge in [-0.3, -0.25) is 11.3 Å². The predicted molar refractivity (Wildman–Crippen MR) is 54.2 cm³/mol. The summed E-state index contributed by atoms with van der Waals surface area (Å²) >= 11 is 0. The van der Waals surface area contributed by atoms with Crippen LogP contribution >= 0.6 is 0 Å². The summed E-state index contributed by atoms with van der Waals surface area (Å²) in [5.41, 5.74) is 2.87. The lowest BCUT2D eigenvalue weighted by molar-refractivity contribution is -0.0144. The maximum absolute atomic E-state index is 5.75. The number of unbranched alkanes of at least 4 members (excludes halogenated alkanes) is 1. The van der Waals surface area contributed by atoms with E-state index in [1.54, 1.807) is 0 Å². The Bertz CT molecular complexity index is 144. The first-order valence-electron chi connectivity index (χ1n) is 5.33. The molecule has 0 radical (unpaired) electrons. The Kier molecular flexibility index (Phi) is 4.16. The van der Waals surface area contributed by atoms with E-state index in [0.29, 0.717) is 6.04 Å². The van der Waals surface area contributed by atoms with Crippen molar-refractivity contribution in [1.82, 2.24) is 5.43 Å². The molecule has 0 aromatic rings. The van der Waals surface area contributed by atoms with Gasteiger partial charge in [-0.1, -0.05) is 19.8 Å². The van der Waals surface area contributed by atoms with Crippen molar-refractivity contribution >= 4 is 0 Å². The normalized spacial score (nSPS) is 30.7. The summed E-state index contributed by atoms with van der Waals surface area (Å²) in [5, 5.41) is 0. The fraction of sp³-hybridized carbons (Fsp3) is 1.00. The fourth-order valence-electron chi connectivity index (χ4n) is 2.05. The highest BCUT2D eigenvalue weighted by atomic mass is 16.5. The van der Waals surface area contributed by atoms with Crippen LogP contribution in [0.15, 0.2) is 0 Å². The van der Waals surface area contributed by atoms with Crippen LogP contribution in [0.1, 0.15) is 46.0 Å². The third-order valence-electron chi connectivity index (χ3n) is 3.03. The van der Waals surface area contributed by atoms with E-state index < -0.39 is 0 Å². The van der Waals surface area contributed by atoms with Crippen LogP contribution in [0.25, 0.3) is 0 Å². The summed E-state index contributed by atoms with van der Waals surface area (Å²) in [6.45, 7) is 5.26. The lowest BCUT2D eigenvalue weighted by atomic mass is 9.90. The molecule has 1 heterocycles. The molecule has 0 aliphatic carbocycles. The van der Waals surface area contributed by atoms with Crippen LogP contribution < -0.4 is 11.3 Å². The van der Waals surface area contributed by atoms with E-state index in [9.17, 15) is 0 Å². The second kappa shape index (κ2) is 4.94. The first kappa shape index (κ1) is 11.0. The largest absolute Gasteiger partial charge is 0.374 e. The molecule has 3 nitrogen and oxygen atoms in total. The molecule has 0 aromatic heterocycles. The lowest BCUT2D eigenvalue weighted by Crippen LogP contribution is -2.51. The molecule has 0 saturated carbocycles. The van der Waals surface area contributed by atoms with Crippen molar-refractivity contribution in [2.45, 2.75) is 57.6 Å². The van der Waals surface area contributed by atoms with Crippen LogP contribution in [0.5, 0.6) is 0 Å². The van der Waals surface area contributed by atoms with Crippen molar-refractivity contribution in [2.75, 3.05) is 6.61 Å². The van der Waals surface area contributed by atoms with Crippen molar-refractivity contribution in [2.24, 2.45) is 5.84 Å². The van der Waals surface area contributed by atoms with Gasteiger partial charge >= 0.3 is 0 Å². The summed E-state index contributed by atoms with van der Waals surface area (Å²) in [6, 6.07) is 0.315. The van der Waals surface area contributed by atoms with E-state index in [2.05, 4.69) is 19.3 Å². The zero-order valence-electron chi connectivity index (χ0n) is 8.81. The van der Waals surface area contributed by atoms with E-state index in [1.807, 2.05) is 0 Å². The molecule has 0 aromatic carbocycles. The predicted octanol–water partition coefficient (Wildman–Crippen LogP) is 1.58. The van der Waals surface area contributed by atoms with Gasteiger partial charge in [0.05, 0.1) is 5.60 Å². The quantitative estimate of drug-likeness (QED) is 0.506. The summed E-state index contributed by atoms with van der Waals surface area (Å²) in [4.78, 5) is 0. The maximum atomic E-state index is 5.75. The highest BCUT2D eigenvalue weighted by molar-refractivity contribution is 4.91. The van der Waals surface area contributed by atoms with Gasteiger partial charge in [-0.15, -0.1) is 0 Å². The lowest BCUT2D eigenvalue weighted by Gasteiger charge is -2.32. The van der Waals surface area contributed by atoms with E-state index in [0.717, 1.165) is 19.4 Å². The minimum Gasteiger partial charge on any atom is -0.374 e. The monoisotopic (exact) mass is 186 g/mol. The van der Waals surface area contributed by atoms with Crippen LogP contribution in [-0.2, 0) is 4.74 Å². The molecule has 0 bridgehead atoms. The second-order valence-corrected chi connectivity index (χ2v) is 4.13. The van der Waals surface area contributed by atoms with E-state index >= 15 is 0 Å². The number of rotatable bonds is 5. The molecule has 0 spiro atoms. The SMILES string of the molecule is CCCCC(NN)C1(C)CCCO1. The van der Waals surface area contributed by atoms with Gasteiger partial charge < -0.3 is 4.74 Å². The molecule has 1 saturated heterocycles. The topological polar surface area (TPSA) is 47.3 Å². The Morgan fingerprint density at radius 3 is 2.85 bits per heavy atom. The third kappa shape index (κ3) is 2.66. The average molecular weight is 186 g/mol. The van der Waals surface area contributed by atoms with Crippen molar-refractivity contribution in [3.8, 4) is 0 Å². The maximum Gasteiger partial charge on any atom is 0.0821 e. The zero-order valence-corrected chi connectivity index (χ0v) is 8.81. The molecule has 1 aliphatic rings. The Labute approximate surface area is 81.0 Å². The number of hydrazine groups is 1. The van der Waals surface area contributed by atoms with Gasteiger partial charge in [0.1, 0.15) is 0 Å². The zero-order chi connectivity index (χ0) is 9.73. The number of ether oxygens (including phenoxy) is 1. The third-order valence-corrected chi connectivity index (χ3v) is 3.03. The first-order chi connectivity index (χ1) is 6.23. The van der Waals surface area contributed by atoms with Crippen LogP contribution in [0, 0.1) is 0 Å². The second-order valence-electron chi connectivity index (χ2n) is 4.13. The Hall–Kier alpha value is -0.120. The Morgan fingerprint density at radius 1 is 1.62 bits per heavy atom. The summed E-state index contributed by atoms with van der Waals surface area (Å²) in [5.74, 6) is 5.55. The molecule has 2 unspecified atom stereocenters. The molecule has 78 valence electrons. The van der Waals surface area contributed by atoms with Crippen molar-refractivity contribution in [3.63, 3.8) is 0 Å². The minimum absolute atomic E-state index is 0.0239. The van der Waals surface area contributed by atoms with Gasteiger partial charge in [0.15, 0.2) is 0 Å². The van der Waals surface area contributed by atoms with E-state index in [-0.39, 0.29) is 5.60 Å². The first-order valence-corrected chi connectivity index (χ1v) is 5.33. The highest BCUT2D eigenvalue weighted by Gasteiger charge is 2.37. The van der Waals surface area contributed by atoms with Crippen LogP contribution in [0.2, 0.25) is 0 Å². The van der Waals surface area contributed by atoms with Crippen molar-refractivity contribution < 1.29 is 4.74 Å².